The molecule has 3 amide bonds. The first kappa shape index (κ1) is 20.3. The van der Waals surface area contributed by atoms with E-state index in [1.807, 2.05) is 0 Å². The SMILES string of the molecule is CNC(=O)Nc1ccc(NC(=O)CN(C)S(=O)(=O)c2ccc(F)cc2)cc1. The summed E-state index contributed by atoms with van der Waals surface area (Å²) < 4.78 is 38.6. The molecule has 10 heteroatoms. The van der Waals surface area contributed by atoms with Gasteiger partial charge in [0.15, 0.2) is 0 Å². The largest absolute Gasteiger partial charge is 0.341 e. The number of amides is 3. The first-order valence-corrected chi connectivity index (χ1v) is 9.27. The maximum atomic E-state index is 12.9. The van der Waals surface area contributed by atoms with E-state index in [1.165, 1.54) is 14.1 Å². The number of carbonyl (C=O) groups is 2. The van der Waals surface area contributed by atoms with Gasteiger partial charge in [0.05, 0.1) is 11.4 Å². The topological polar surface area (TPSA) is 108 Å². The molecule has 0 atom stereocenters. The lowest BCUT2D eigenvalue weighted by atomic mass is 10.3. The second kappa shape index (κ2) is 8.60. The van der Waals surface area contributed by atoms with Crippen molar-refractivity contribution in [2.75, 3.05) is 31.3 Å². The molecule has 27 heavy (non-hydrogen) atoms. The number of halogens is 1. The first-order chi connectivity index (χ1) is 12.7. The molecule has 0 aromatic heterocycles. The molecule has 0 aliphatic heterocycles. The number of nitrogens with zero attached hydrogens (tertiary/aromatic N) is 1. The number of nitrogens with one attached hydrogen (secondary N) is 3. The number of hydrogen-bond donors (Lipinski definition) is 3. The summed E-state index contributed by atoms with van der Waals surface area (Å²) in [5.41, 5.74) is 0.971. The number of urea groups is 1. The van der Waals surface area contributed by atoms with Crippen LogP contribution in [0.1, 0.15) is 0 Å². The van der Waals surface area contributed by atoms with Crippen LogP contribution in [0.3, 0.4) is 0 Å². The second-order valence-corrected chi connectivity index (χ2v) is 7.59. The van der Waals surface area contributed by atoms with Crippen LogP contribution in [-0.2, 0) is 14.8 Å². The normalized spacial score (nSPS) is 11.1. The Bertz CT molecular complexity index is 915. The van der Waals surface area contributed by atoms with E-state index in [2.05, 4.69) is 16.0 Å². The maximum absolute atomic E-state index is 12.9. The van der Waals surface area contributed by atoms with E-state index in [0.717, 1.165) is 28.6 Å². The highest BCUT2D eigenvalue weighted by molar-refractivity contribution is 7.89. The lowest BCUT2D eigenvalue weighted by molar-refractivity contribution is -0.116. The van der Waals surface area contributed by atoms with Crippen molar-refractivity contribution >= 4 is 33.3 Å². The maximum Gasteiger partial charge on any atom is 0.318 e. The number of rotatable bonds is 6. The number of likely N-dealkylation sites (N-methyl/N-ethyl adjacent to an activating group) is 1. The van der Waals surface area contributed by atoms with E-state index in [1.54, 1.807) is 24.3 Å². The minimum absolute atomic E-state index is 0.108. The third-order valence-corrected chi connectivity index (χ3v) is 5.36. The van der Waals surface area contributed by atoms with Gasteiger partial charge in [0, 0.05) is 25.5 Å². The Labute approximate surface area is 156 Å². The zero-order valence-electron chi connectivity index (χ0n) is 14.7. The molecule has 0 fully saturated rings. The zero-order valence-corrected chi connectivity index (χ0v) is 15.5. The van der Waals surface area contributed by atoms with Gasteiger partial charge in [0.25, 0.3) is 0 Å². The molecule has 8 nitrogen and oxygen atoms in total. The van der Waals surface area contributed by atoms with Crippen molar-refractivity contribution in [1.82, 2.24) is 9.62 Å². The Morgan fingerprint density at radius 3 is 2.00 bits per heavy atom. The molecule has 2 aromatic carbocycles. The fourth-order valence-corrected chi connectivity index (χ4v) is 3.23. The number of anilines is 2. The minimum Gasteiger partial charge on any atom is -0.341 e. The fourth-order valence-electron chi connectivity index (χ4n) is 2.10. The predicted molar refractivity (Wildman–Crippen MR) is 99.4 cm³/mol. The van der Waals surface area contributed by atoms with Gasteiger partial charge in [-0.1, -0.05) is 0 Å². The molecule has 0 radical (unpaired) electrons. The van der Waals surface area contributed by atoms with Crippen molar-refractivity contribution in [3.63, 3.8) is 0 Å². The summed E-state index contributed by atoms with van der Waals surface area (Å²) in [6.45, 7) is -0.419. The van der Waals surface area contributed by atoms with E-state index >= 15 is 0 Å². The number of benzene rings is 2. The predicted octanol–water partition coefficient (Wildman–Crippen LogP) is 1.84. The van der Waals surface area contributed by atoms with Crippen molar-refractivity contribution in [1.29, 1.82) is 0 Å². The molecule has 0 aliphatic rings. The number of sulfonamides is 1. The molecule has 0 aliphatic carbocycles. The summed E-state index contributed by atoms with van der Waals surface area (Å²) in [5, 5.41) is 7.55. The Kier molecular flexibility index (Phi) is 6.48. The van der Waals surface area contributed by atoms with Crippen LogP contribution in [0.25, 0.3) is 0 Å². The lowest BCUT2D eigenvalue weighted by Gasteiger charge is -2.17. The minimum atomic E-state index is -3.91. The Balaban J connectivity index is 1.98. The first-order valence-electron chi connectivity index (χ1n) is 7.83. The van der Waals surface area contributed by atoms with E-state index in [0.29, 0.717) is 11.4 Å². The van der Waals surface area contributed by atoms with Crippen molar-refractivity contribution in [3.8, 4) is 0 Å². The Morgan fingerprint density at radius 1 is 0.963 bits per heavy atom. The van der Waals surface area contributed by atoms with Crippen LogP contribution < -0.4 is 16.0 Å². The smallest absolute Gasteiger partial charge is 0.318 e. The monoisotopic (exact) mass is 394 g/mol. The molecule has 0 heterocycles. The molecule has 0 unspecified atom stereocenters. The van der Waals surface area contributed by atoms with Crippen LogP contribution in [0.4, 0.5) is 20.6 Å². The van der Waals surface area contributed by atoms with Crippen LogP contribution >= 0.6 is 0 Å². The molecule has 0 saturated carbocycles. The summed E-state index contributed by atoms with van der Waals surface area (Å²) in [7, 11) is -1.17. The molecule has 0 spiro atoms. The molecule has 0 bridgehead atoms. The van der Waals surface area contributed by atoms with Crippen LogP contribution in [0.2, 0.25) is 0 Å². The van der Waals surface area contributed by atoms with Gasteiger partial charge in [-0.15, -0.1) is 0 Å². The molecular weight excluding hydrogens is 375 g/mol. The molecule has 144 valence electrons. The summed E-state index contributed by atoms with van der Waals surface area (Å²) in [5.74, 6) is -1.10. The van der Waals surface area contributed by atoms with Gasteiger partial charge in [-0.25, -0.2) is 17.6 Å². The average Bonchev–Trinajstić information content (AvgIpc) is 2.63. The van der Waals surface area contributed by atoms with E-state index in [9.17, 15) is 22.4 Å². The quantitative estimate of drug-likeness (QED) is 0.695. The third kappa shape index (κ3) is 5.50. The van der Waals surface area contributed by atoms with Crippen LogP contribution in [-0.4, -0.2) is 45.3 Å². The molecule has 3 N–H and O–H groups in total. The molecule has 2 aromatic rings. The zero-order chi connectivity index (χ0) is 20.0. The molecular formula is C17H19FN4O4S. The van der Waals surface area contributed by atoms with Crippen molar-refractivity contribution in [3.05, 3.63) is 54.3 Å². The van der Waals surface area contributed by atoms with Gasteiger partial charge in [-0.2, -0.15) is 4.31 Å². The van der Waals surface area contributed by atoms with Crippen molar-refractivity contribution < 1.29 is 22.4 Å². The van der Waals surface area contributed by atoms with Gasteiger partial charge in [0.1, 0.15) is 5.82 Å². The highest BCUT2D eigenvalue weighted by atomic mass is 32.2. The van der Waals surface area contributed by atoms with Crippen molar-refractivity contribution in [2.24, 2.45) is 0 Å². The van der Waals surface area contributed by atoms with Gasteiger partial charge in [-0.3, -0.25) is 4.79 Å². The molecule has 0 saturated heterocycles. The van der Waals surface area contributed by atoms with Gasteiger partial charge < -0.3 is 16.0 Å². The highest BCUT2D eigenvalue weighted by Gasteiger charge is 2.23. The fraction of sp³-hybridized carbons (Fsp3) is 0.176. The van der Waals surface area contributed by atoms with E-state index in [4.69, 9.17) is 0 Å². The lowest BCUT2D eigenvalue weighted by Crippen LogP contribution is -2.35. The highest BCUT2D eigenvalue weighted by Crippen LogP contribution is 2.16. The molecule has 2 rings (SSSR count). The summed E-state index contributed by atoms with van der Waals surface area (Å²) in [6.07, 6.45) is 0. The number of hydrogen-bond acceptors (Lipinski definition) is 4. The average molecular weight is 394 g/mol. The van der Waals surface area contributed by atoms with Crippen LogP contribution in [0.15, 0.2) is 53.4 Å². The van der Waals surface area contributed by atoms with Gasteiger partial charge in [-0.05, 0) is 48.5 Å². The summed E-state index contributed by atoms with van der Waals surface area (Å²) in [6, 6.07) is 10.3. The van der Waals surface area contributed by atoms with E-state index < -0.39 is 28.3 Å². The third-order valence-electron chi connectivity index (χ3n) is 3.54. The second-order valence-electron chi connectivity index (χ2n) is 5.54. The van der Waals surface area contributed by atoms with Crippen molar-refractivity contribution in [2.45, 2.75) is 4.90 Å². The van der Waals surface area contributed by atoms with E-state index in [-0.39, 0.29) is 10.9 Å². The Hall–Kier alpha value is -2.98. The van der Waals surface area contributed by atoms with Crippen LogP contribution in [0, 0.1) is 5.82 Å². The van der Waals surface area contributed by atoms with Gasteiger partial charge >= 0.3 is 6.03 Å². The van der Waals surface area contributed by atoms with Crippen LogP contribution in [0.5, 0.6) is 0 Å². The summed E-state index contributed by atoms with van der Waals surface area (Å²) in [4.78, 5) is 23.2. The summed E-state index contributed by atoms with van der Waals surface area (Å²) >= 11 is 0. The van der Waals surface area contributed by atoms with Gasteiger partial charge in [0.2, 0.25) is 15.9 Å². The standard InChI is InChI=1S/C17H19FN4O4S/c1-19-17(24)21-14-7-5-13(6-8-14)20-16(23)11-22(2)27(25,26)15-9-3-12(18)4-10-15/h3-10H,11H2,1-2H3,(H,20,23)(H2,19,21,24). The number of carbonyl (C=O) groups excluding carboxylic acids is 2. The Morgan fingerprint density at radius 2 is 1.48 bits per heavy atom.